The van der Waals surface area contributed by atoms with Gasteiger partial charge in [-0.15, -0.1) is 0 Å². The Bertz CT molecular complexity index is 270. The summed E-state index contributed by atoms with van der Waals surface area (Å²) >= 11 is 5.19. The van der Waals surface area contributed by atoms with E-state index in [4.69, 9.17) is 0 Å². The van der Waals surface area contributed by atoms with E-state index >= 15 is 0 Å². The van der Waals surface area contributed by atoms with Crippen molar-refractivity contribution in [2.45, 2.75) is 12.8 Å². The second-order valence-corrected chi connectivity index (χ2v) is 4.65. The summed E-state index contributed by atoms with van der Waals surface area (Å²) < 4.78 is 0.819. The van der Waals surface area contributed by atoms with Crippen LogP contribution in [0.2, 0.25) is 0 Å². The van der Waals surface area contributed by atoms with Crippen LogP contribution in [0.15, 0.2) is 17.0 Å². The van der Waals surface area contributed by atoms with Crippen molar-refractivity contribution < 1.29 is 0 Å². The number of rotatable bonds is 6. The molecule has 0 spiro atoms. The van der Waals surface area contributed by atoms with Gasteiger partial charge in [0.25, 0.3) is 0 Å². The highest BCUT2D eigenvalue weighted by atomic mass is 79.9. The molecule has 0 radical (unpaired) electrons. The maximum Gasteiger partial charge on any atom is 0.130 e. The summed E-state index contributed by atoms with van der Waals surface area (Å²) in [6, 6.07) is 1.88. The highest BCUT2D eigenvalue weighted by Gasteiger charge is 1.94. The van der Waals surface area contributed by atoms with Gasteiger partial charge >= 0.3 is 0 Å². The molecule has 14 heavy (non-hydrogen) atoms. The van der Waals surface area contributed by atoms with Crippen LogP contribution >= 0.6 is 27.7 Å². The van der Waals surface area contributed by atoms with E-state index in [2.05, 4.69) is 37.5 Å². The van der Waals surface area contributed by atoms with E-state index in [-0.39, 0.29) is 0 Å². The second-order valence-electron chi connectivity index (χ2n) is 2.85. The van der Waals surface area contributed by atoms with Crippen LogP contribution in [-0.2, 0) is 0 Å². The van der Waals surface area contributed by atoms with Gasteiger partial charge in [0.05, 0.1) is 0 Å². The predicted octanol–water partition coefficient (Wildman–Crippen LogP) is 2.79. The smallest absolute Gasteiger partial charge is 0.130 e. The molecule has 1 aromatic rings. The maximum absolute atomic E-state index is 4.10. The van der Waals surface area contributed by atoms with Crippen LogP contribution in [0.25, 0.3) is 0 Å². The van der Waals surface area contributed by atoms with Crippen LogP contribution in [0.5, 0.6) is 0 Å². The molecule has 0 aliphatic rings. The molecule has 1 N–H and O–H groups in total. The van der Waals surface area contributed by atoms with Gasteiger partial charge in [0.15, 0.2) is 0 Å². The van der Waals surface area contributed by atoms with Crippen molar-refractivity contribution in [2.75, 3.05) is 23.9 Å². The number of thioether (sulfide) groups is 1. The minimum absolute atomic E-state index is 0.819. The van der Waals surface area contributed by atoms with Crippen molar-refractivity contribution in [1.82, 2.24) is 9.97 Å². The quantitative estimate of drug-likeness (QED) is 0.640. The van der Waals surface area contributed by atoms with Gasteiger partial charge in [-0.05, 0) is 40.8 Å². The largest absolute Gasteiger partial charge is 0.370 e. The fourth-order valence-corrected chi connectivity index (χ4v) is 1.82. The Kier molecular flexibility index (Phi) is 5.94. The fraction of sp³-hybridized carbons (Fsp3) is 0.556. The molecule has 0 unspecified atom stereocenters. The third-order valence-corrected chi connectivity index (χ3v) is 2.85. The lowest BCUT2D eigenvalue weighted by molar-refractivity contribution is 0.838. The number of hydrogen-bond acceptors (Lipinski definition) is 4. The van der Waals surface area contributed by atoms with Gasteiger partial charge in [0, 0.05) is 12.6 Å². The van der Waals surface area contributed by atoms with Crippen LogP contribution in [0, 0.1) is 0 Å². The Morgan fingerprint density at radius 3 is 3.00 bits per heavy atom. The molecule has 1 heterocycles. The molecular formula is C9H14BrN3S. The standard InChI is InChI=1S/C9H14BrN3S/c1-14-5-3-2-4-11-9-6-8(10)12-7-13-9/h6-7H,2-5H2,1H3,(H,11,12,13). The monoisotopic (exact) mass is 275 g/mol. The molecule has 0 atom stereocenters. The zero-order chi connectivity index (χ0) is 10.2. The topological polar surface area (TPSA) is 37.8 Å². The molecule has 1 aromatic heterocycles. The summed E-state index contributed by atoms with van der Waals surface area (Å²) in [6.45, 7) is 0.976. The number of aromatic nitrogens is 2. The lowest BCUT2D eigenvalue weighted by Crippen LogP contribution is -2.03. The van der Waals surface area contributed by atoms with Gasteiger partial charge in [-0.1, -0.05) is 0 Å². The molecule has 0 saturated carbocycles. The second kappa shape index (κ2) is 7.06. The molecule has 1 rings (SSSR count). The van der Waals surface area contributed by atoms with Crippen molar-refractivity contribution in [1.29, 1.82) is 0 Å². The van der Waals surface area contributed by atoms with Crippen LogP contribution < -0.4 is 5.32 Å². The van der Waals surface area contributed by atoms with Gasteiger partial charge in [-0.25, -0.2) is 9.97 Å². The third-order valence-electron chi connectivity index (χ3n) is 1.72. The van der Waals surface area contributed by atoms with Gasteiger partial charge in [-0.3, -0.25) is 0 Å². The molecule has 0 aliphatic heterocycles. The Morgan fingerprint density at radius 1 is 1.43 bits per heavy atom. The van der Waals surface area contributed by atoms with Gasteiger partial charge in [-0.2, -0.15) is 11.8 Å². The molecule has 0 saturated heterocycles. The van der Waals surface area contributed by atoms with Crippen LogP contribution in [0.3, 0.4) is 0 Å². The van der Waals surface area contributed by atoms with Gasteiger partial charge < -0.3 is 5.32 Å². The first kappa shape index (κ1) is 11.8. The first-order chi connectivity index (χ1) is 6.83. The van der Waals surface area contributed by atoms with Gasteiger partial charge in [0.1, 0.15) is 16.7 Å². The lowest BCUT2D eigenvalue weighted by Gasteiger charge is -2.04. The van der Waals surface area contributed by atoms with Crippen molar-refractivity contribution in [3.05, 3.63) is 17.0 Å². The summed E-state index contributed by atoms with van der Waals surface area (Å²) in [4.78, 5) is 8.06. The maximum atomic E-state index is 4.10. The van der Waals surface area contributed by atoms with Crippen molar-refractivity contribution in [3.8, 4) is 0 Å². The van der Waals surface area contributed by atoms with Crippen molar-refractivity contribution in [3.63, 3.8) is 0 Å². The highest BCUT2D eigenvalue weighted by molar-refractivity contribution is 9.10. The first-order valence-corrected chi connectivity index (χ1v) is 6.72. The normalized spacial score (nSPS) is 10.1. The van der Waals surface area contributed by atoms with Crippen LogP contribution in [0.1, 0.15) is 12.8 Å². The predicted molar refractivity (Wildman–Crippen MR) is 65.8 cm³/mol. The van der Waals surface area contributed by atoms with E-state index in [1.54, 1.807) is 6.33 Å². The number of anilines is 1. The number of nitrogens with zero attached hydrogens (tertiary/aromatic N) is 2. The molecule has 0 aromatic carbocycles. The van der Waals surface area contributed by atoms with E-state index in [0.29, 0.717) is 0 Å². The molecule has 0 amide bonds. The van der Waals surface area contributed by atoms with Crippen molar-refractivity contribution >= 4 is 33.5 Å². The van der Waals surface area contributed by atoms with Crippen LogP contribution in [-0.4, -0.2) is 28.5 Å². The Balaban J connectivity index is 2.18. The lowest BCUT2D eigenvalue weighted by atomic mass is 10.3. The molecule has 0 aliphatic carbocycles. The number of nitrogens with one attached hydrogen (secondary N) is 1. The SMILES string of the molecule is CSCCCCNc1cc(Br)ncn1. The fourth-order valence-electron chi connectivity index (χ4n) is 1.02. The first-order valence-electron chi connectivity index (χ1n) is 4.53. The van der Waals surface area contributed by atoms with E-state index in [0.717, 1.165) is 17.0 Å². The molecule has 78 valence electrons. The Hall–Kier alpha value is -0.290. The van der Waals surface area contributed by atoms with Crippen LogP contribution in [0.4, 0.5) is 5.82 Å². The van der Waals surface area contributed by atoms with E-state index < -0.39 is 0 Å². The summed E-state index contributed by atoms with van der Waals surface area (Å²) in [6.07, 6.45) is 6.12. The number of halogens is 1. The Labute approximate surface area is 97.2 Å². The Morgan fingerprint density at radius 2 is 2.29 bits per heavy atom. The molecular weight excluding hydrogens is 262 g/mol. The van der Waals surface area contributed by atoms with E-state index in [1.807, 2.05) is 17.8 Å². The number of unbranched alkanes of at least 4 members (excludes halogenated alkanes) is 1. The van der Waals surface area contributed by atoms with E-state index in [1.165, 1.54) is 18.6 Å². The summed E-state index contributed by atoms with van der Waals surface area (Å²) in [5, 5.41) is 3.25. The minimum Gasteiger partial charge on any atom is -0.370 e. The van der Waals surface area contributed by atoms with Crippen molar-refractivity contribution in [2.24, 2.45) is 0 Å². The molecule has 0 fully saturated rings. The number of hydrogen-bond donors (Lipinski definition) is 1. The average Bonchev–Trinajstić information content (AvgIpc) is 2.18. The van der Waals surface area contributed by atoms with Gasteiger partial charge in [0.2, 0.25) is 0 Å². The molecule has 3 nitrogen and oxygen atoms in total. The van der Waals surface area contributed by atoms with E-state index in [9.17, 15) is 0 Å². The summed E-state index contributed by atoms with van der Waals surface area (Å²) in [7, 11) is 0. The summed E-state index contributed by atoms with van der Waals surface area (Å²) in [5.41, 5.74) is 0. The average molecular weight is 276 g/mol. The molecule has 5 heteroatoms. The zero-order valence-electron chi connectivity index (χ0n) is 8.16. The minimum atomic E-state index is 0.819. The summed E-state index contributed by atoms with van der Waals surface area (Å²) in [5.74, 6) is 2.12. The molecule has 0 bridgehead atoms. The third kappa shape index (κ3) is 4.81. The highest BCUT2D eigenvalue weighted by Crippen LogP contribution is 2.09. The zero-order valence-corrected chi connectivity index (χ0v) is 10.6.